The zero-order valence-electron chi connectivity index (χ0n) is 10.8. The van der Waals surface area contributed by atoms with Gasteiger partial charge in [0.15, 0.2) is 0 Å². The topological polar surface area (TPSA) is 46.6 Å². The van der Waals surface area contributed by atoms with E-state index in [0.29, 0.717) is 16.6 Å². The predicted molar refractivity (Wildman–Crippen MR) is 77.3 cm³/mol. The van der Waals surface area contributed by atoms with Crippen LogP contribution in [0.25, 0.3) is 0 Å². The second kappa shape index (κ2) is 6.54. The first-order valence-electron chi connectivity index (χ1n) is 6.25. The molecule has 1 aliphatic heterocycles. The van der Waals surface area contributed by atoms with E-state index in [1.54, 1.807) is 18.5 Å². The number of hydrogen-bond donors (Lipinski definition) is 0. The summed E-state index contributed by atoms with van der Waals surface area (Å²) in [6, 6.07) is 1.64. The third-order valence-electron chi connectivity index (χ3n) is 3.18. The number of nitrogens with zero attached hydrogens (tertiary/aromatic N) is 1. The van der Waals surface area contributed by atoms with Gasteiger partial charge in [-0.2, -0.15) is 4.31 Å². The van der Waals surface area contributed by atoms with Gasteiger partial charge in [-0.1, -0.05) is 0 Å². The van der Waals surface area contributed by atoms with E-state index >= 15 is 0 Å². The van der Waals surface area contributed by atoms with E-state index < -0.39 is 10.0 Å². The molecule has 108 valence electrons. The zero-order chi connectivity index (χ0) is 13.9. The zero-order valence-corrected chi connectivity index (χ0v) is 13.2. The van der Waals surface area contributed by atoms with Gasteiger partial charge in [-0.15, -0.1) is 22.9 Å². The summed E-state index contributed by atoms with van der Waals surface area (Å²) >= 11 is 6.92. The molecule has 0 amide bonds. The molecule has 0 radical (unpaired) electrons. The van der Waals surface area contributed by atoms with Gasteiger partial charge in [0.05, 0.1) is 6.10 Å². The standard InChI is InChI=1S/C12H18ClNO3S2/c1-14(8-11-4-2-3-5-17-11)19(15,16)12-6-10(7-13)9-18-12/h6,9,11H,2-5,7-8H2,1H3. The van der Waals surface area contributed by atoms with E-state index in [1.807, 2.05) is 0 Å². The molecule has 1 saturated heterocycles. The van der Waals surface area contributed by atoms with E-state index in [2.05, 4.69) is 0 Å². The molecule has 1 aliphatic rings. The summed E-state index contributed by atoms with van der Waals surface area (Å²) in [5, 5.41) is 1.78. The van der Waals surface area contributed by atoms with Crippen molar-refractivity contribution in [3.63, 3.8) is 0 Å². The number of rotatable bonds is 5. The molecule has 0 bridgehead atoms. The van der Waals surface area contributed by atoms with Gasteiger partial charge >= 0.3 is 0 Å². The van der Waals surface area contributed by atoms with Crippen LogP contribution in [0.15, 0.2) is 15.7 Å². The molecule has 1 atom stereocenters. The maximum absolute atomic E-state index is 12.4. The second-order valence-electron chi connectivity index (χ2n) is 4.68. The number of ether oxygens (including phenoxy) is 1. The summed E-state index contributed by atoms with van der Waals surface area (Å²) in [6.07, 6.45) is 3.11. The van der Waals surface area contributed by atoms with Crippen molar-refractivity contribution in [3.8, 4) is 0 Å². The second-order valence-corrected chi connectivity index (χ2v) is 8.13. The fourth-order valence-corrected chi connectivity index (χ4v) is 4.91. The van der Waals surface area contributed by atoms with Crippen molar-refractivity contribution in [2.45, 2.75) is 35.5 Å². The van der Waals surface area contributed by atoms with Gasteiger partial charge in [0.1, 0.15) is 4.21 Å². The summed E-state index contributed by atoms with van der Waals surface area (Å²) in [7, 11) is -1.81. The van der Waals surface area contributed by atoms with Crippen LogP contribution in [0.2, 0.25) is 0 Å². The van der Waals surface area contributed by atoms with Gasteiger partial charge in [0, 0.05) is 26.1 Å². The third-order valence-corrected chi connectivity index (χ3v) is 6.78. The number of alkyl halides is 1. The SMILES string of the molecule is CN(CC1CCCCO1)S(=O)(=O)c1cc(CCl)cs1. The summed E-state index contributed by atoms with van der Waals surface area (Å²) in [6.45, 7) is 1.14. The number of halogens is 1. The lowest BCUT2D eigenvalue weighted by Gasteiger charge is -2.26. The lowest BCUT2D eigenvalue weighted by molar-refractivity contribution is 0.00860. The van der Waals surface area contributed by atoms with Crippen LogP contribution >= 0.6 is 22.9 Å². The van der Waals surface area contributed by atoms with E-state index in [-0.39, 0.29) is 6.10 Å². The Morgan fingerprint density at radius 2 is 2.32 bits per heavy atom. The molecular formula is C12H18ClNO3S2. The summed E-state index contributed by atoms with van der Waals surface area (Å²) in [5.41, 5.74) is 0.840. The van der Waals surface area contributed by atoms with Gasteiger partial charge in [0.2, 0.25) is 0 Å². The molecule has 0 saturated carbocycles. The summed E-state index contributed by atoms with van der Waals surface area (Å²) in [4.78, 5) is 0. The van der Waals surface area contributed by atoms with Crippen LogP contribution in [-0.2, 0) is 20.6 Å². The first-order chi connectivity index (χ1) is 9.04. The highest BCUT2D eigenvalue weighted by atomic mass is 35.5. The van der Waals surface area contributed by atoms with Gasteiger partial charge in [-0.3, -0.25) is 0 Å². The lowest BCUT2D eigenvalue weighted by atomic mass is 10.1. The molecule has 0 aliphatic carbocycles. The van der Waals surface area contributed by atoms with Crippen LogP contribution in [0.4, 0.5) is 0 Å². The first kappa shape index (κ1) is 15.3. The Morgan fingerprint density at radius 1 is 1.53 bits per heavy atom. The smallest absolute Gasteiger partial charge is 0.252 e. The first-order valence-corrected chi connectivity index (χ1v) is 9.11. The Labute approximate surface area is 123 Å². The fraction of sp³-hybridized carbons (Fsp3) is 0.667. The molecule has 1 aromatic rings. The van der Waals surface area contributed by atoms with Gasteiger partial charge in [-0.05, 0) is 36.3 Å². The molecule has 2 rings (SSSR count). The normalized spacial score (nSPS) is 20.9. The Hall–Kier alpha value is -0.140. The molecule has 1 unspecified atom stereocenters. The van der Waals surface area contributed by atoms with E-state index in [1.165, 1.54) is 15.6 Å². The van der Waals surface area contributed by atoms with Gasteiger partial charge in [-0.25, -0.2) is 8.42 Å². The Balaban J connectivity index is 2.05. The molecule has 0 spiro atoms. The van der Waals surface area contributed by atoms with Crippen LogP contribution in [0.5, 0.6) is 0 Å². The minimum Gasteiger partial charge on any atom is -0.377 e. The molecule has 2 heterocycles. The van der Waals surface area contributed by atoms with Crippen LogP contribution in [0.1, 0.15) is 24.8 Å². The van der Waals surface area contributed by atoms with Crippen molar-refractivity contribution >= 4 is 33.0 Å². The quantitative estimate of drug-likeness (QED) is 0.783. The highest BCUT2D eigenvalue weighted by Gasteiger charge is 2.26. The number of thiophene rings is 1. The van der Waals surface area contributed by atoms with E-state index in [0.717, 1.165) is 31.4 Å². The number of sulfonamides is 1. The van der Waals surface area contributed by atoms with Crippen molar-refractivity contribution in [1.82, 2.24) is 4.31 Å². The molecule has 1 fully saturated rings. The maximum atomic E-state index is 12.4. The van der Waals surface area contributed by atoms with Crippen LogP contribution in [0.3, 0.4) is 0 Å². The van der Waals surface area contributed by atoms with Crippen LogP contribution in [0, 0.1) is 0 Å². The highest BCUT2D eigenvalue weighted by molar-refractivity contribution is 7.91. The Kier molecular flexibility index (Phi) is 5.25. The minimum absolute atomic E-state index is 0.0148. The van der Waals surface area contributed by atoms with E-state index in [9.17, 15) is 8.42 Å². The Bertz CT molecular complexity index is 509. The fourth-order valence-electron chi connectivity index (χ4n) is 2.05. The summed E-state index contributed by atoms with van der Waals surface area (Å²) in [5.74, 6) is 0.335. The van der Waals surface area contributed by atoms with Crippen molar-refractivity contribution in [2.24, 2.45) is 0 Å². The summed E-state index contributed by atoms with van der Waals surface area (Å²) < 4.78 is 32.1. The molecule has 19 heavy (non-hydrogen) atoms. The monoisotopic (exact) mass is 323 g/mol. The molecule has 7 heteroatoms. The molecule has 0 N–H and O–H groups in total. The van der Waals surface area contributed by atoms with Crippen molar-refractivity contribution < 1.29 is 13.2 Å². The maximum Gasteiger partial charge on any atom is 0.252 e. The largest absolute Gasteiger partial charge is 0.377 e. The van der Waals surface area contributed by atoms with Gasteiger partial charge in [0.25, 0.3) is 10.0 Å². The van der Waals surface area contributed by atoms with Gasteiger partial charge < -0.3 is 4.74 Å². The Morgan fingerprint density at radius 3 is 2.89 bits per heavy atom. The predicted octanol–water partition coefficient (Wildman–Crippen LogP) is 2.68. The third kappa shape index (κ3) is 3.70. The molecule has 0 aromatic carbocycles. The van der Waals surface area contributed by atoms with Crippen molar-refractivity contribution in [1.29, 1.82) is 0 Å². The van der Waals surface area contributed by atoms with Crippen LogP contribution in [-0.4, -0.2) is 39.0 Å². The molecule has 1 aromatic heterocycles. The minimum atomic E-state index is -3.41. The number of likely N-dealkylation sites (N-methyl/N-ethyl adjacent to an activating group) is 1. The number of hydrogen-bond acceptors (Lipinski definition) is 4. The average molecular weight is 324 g/mol. The van der Waals surface area contributed by atoms with Crippen molar-refractivity contribution in [2.75, 3.05) is 20.2 Å². The van der Waals surface area contributed by atoms with Crippen molar-refractivity contribution in [3.05, 3.63) is 17.0 Å². The molecular weight excluding hydrogens is 306 g/mol. The highest BCUT2D eigenvalue weighted by Crippen LogP contribution is 2.25. The lowest BCUT2D eigenvalue weighted by Crippen LogP contribution is -2.36. The van der Waals surface area contributed by atoms with Crippen LogP contribution < -0.4 is 0 Å². The van der Waals surface area contributed by atoms with E-state index in [4.69, 9.17) is 16.3 Å². The average Bonchev–Trinajstić information content (AvgIpc) is 2.89. The molecule has 4 nitrogen and oxygen atoms in total.